The molecule has 110 valence electrons. The standard InChI is InChI=1S/C16H18ClN3O/c1-16(2,10-21-3)20-14(8-17)19-13-9-18-12-7-5-4-6-11(12)15(13)20/h4-7,9H,8,10H2,1-3H3. The Morgan fingerprint density at radius 3 is 2.71 bits per heavy atom. The summed E-state index contributed by atoms with van der Waals surface area (Å²) in [6.45, 7) is 4.84. The molecule has 0 aliphatic carbocycles. The number of fused-ring (bicyclic) bond motifs is 3. The number of hydrogen-bond donors (Lipinski definition) is 0. The van der Waals surface area contributed by atoms with E-state index in [2.05, 4.69) is 34.4 Å². The van der Waals surface area contributed by atoms with Gasteiger partial charge in [0.1, 0.15) is 11.3 Å². The van der Waals surface area contributed by atoms with Gasteiger partial charge in [-0.05, 0) is 19.9 Å². The summed E-state index contributed by atoms with van der Waals surface area (Å²) >= 11 is 6.12. The van der Waals surface area contributed by atoms with Crippen LogP contribution < -0.4 is 0 Å². The molecule has 0 N–H and O–H groups in total. The third kappa shape index (κ3) is 2.28. The summed E-state index contributed by atoms with van der Waals surface area (Å²) in [5, 5.41) is 1.09. The molecule has 2 heterocycles. The van der Waals surface area contributed by atoms with E-state index in [1.165, 1.54) is 0 Å². The SMILES string of the molecule is COCC(C)(C)n1c(CCl)nc2cnc3ccccc3c21. The van der Waals surface area contributed by atoms with Crippen LogP contribution in [-0.4, -0.2) is 28.3 Å². The molecule has 0 fully saturated rings. The minimum atomic E-state index is -0.238. The normalized spacial score (nSPS) is 12.4. The topological polar surface area (TPSA) is 39.9 Å². The summed E-state index contributed by atoms with van der Waals surface area (Å²) in [4.78, 5) is 9.12. The van der Waals surface area contributed by atoms with Crippen molar-refractivity contribution in [2.75, 3.05) is 13.7 Å². The van der Waals surface area contributed by atoms with Crippen molar-refractivity contribution in [3.05, 3.63) is 36.3 Å². The molecule has 1 aromatic carbocycles. The predicted octanol–water partition coefficient (Wildman–Crippen LogP) is 3.70. The van der Waals surface area contributed by atoms with E-state index in [4.69, 9.17) is 16.3 Å². The maximum absolute atomic E-state index is 6.12. The van der Waals surface area contributed by atoms with Crippen LogP contribution in [-0.2, 0) is 16.2 Å². The van der Waals surface area contributed by atoms with Crippen LogP contribution in [0.15, 0.2) is 30.5 Å². The zero-order valence-electron chi connectivity index (χ0n) is 12.4. The highest BCUT2D eigenvalue weighted by Crippen LogP contribution is 2.31. The molecule has 0 saturated heterocycles. The van der Waals surface area contributed by atoms with Gasteiger partial charge in [0.05, 0.1) is 35.3 Å². The zero-order valence-corrected chi connectivity index (χ0v) is 13.2. The van der Waals surface area contributed by atoms with Gasteiger partial charge in [-0.15, -0.1) is 11.6 Å². The number of pyridine rings is 1. The monoisotopic (exact) mass is 303 g/mol. The van der Waals surface area contributed by atoms with Gasteiger partial charge in [0.15, 0.2) is 0 Å². The van der Waals surface area contributed by atoms with Crippen LogP contribution in [0, 0.1) is 0 Å². The molecule has 0 amide bonds. The number of para-hydroxylation sites is 1. The quantitative estimate of drug-likeness (QED) is 0.690. The molecule has 0 aliphatic rings. The van der Waals surface area contributed by atoms with Crippen molar-refractivity contribution in [3.8, 4) is 0 Å². The van der Waals surface area contributed by atoms with Gasteiger partial charge >= 0.3 is 0 Å². The number of ether oxygens (including phenoxy) is 1. The highest BCUT2D eigenvalue weighted by molar-refractivity contribution is 6.17. The predicted molar refractivity (Wildman–Crippen MR) is 85.8 cm³/mol. The number of benzene rings is 1. The third-order valence-corrected chi connectivity index (χ3v) is 3.92. The van der Waals surface area contributed by atoms with Gasteiger partial charge in [0, 0.05) is 12.5 Å². The van der Waals surface area contributed by atoms with Crippen LogP contribution in [0.25, 0.3) is 21.9 Å². The van der Waals surface area contributed by atoms with Crippen molar-refractivity contribution in [1.29, 1.82) is 0 Å². The Hall–Kier alpha value is -1.65. The maximum Gasteiger partial charge on any atom is 0.125 e. The number of methoxy groups -OCH3 is 1. The molecule has 0 saturated carbocycles. The summed E-state index contributed by atoms with van der Waals surface area (Å²) in [5.41, 5.74) is 2.66. The Balaban J connectivity index is 2.42. The molecule has 0 unspecified atom stereocenters. The lowest BCUT2D eigenvalue weighted by Gasteiger charge is -2.28. The van der Waals surface area contributed by atoms with Gasteiger partial charge in [-0.1, -0.05) is 18.2 Å². The number of nitrogens with zero attached hydrogens (tertiary/aromatic N) is 3. The number of halogens is 1. The van der Waals surface area contributed by atoms with Crippen LogP contribution in [0.1, 0.15) is 19.7 Å². The average molecular weight is 304 g/mol. The van der Waals surface area contributed by atoms with E-state index in [1.807, 2.05) is 24.4 Å². The number of hydrogen-bond acceptors (Lipinski definition) is 3. The minimum absolute atomic E-state index is 0.238. The lowest BCUT2D eigenvalue weighted by molar-refractivity contribution is 0.111. The summed E-state index contributed by atoms with van der Waals surface area (Å²) in [5.74, 6) is 1.20. The molecule has 4 nitrogen and oxygen atoms in total. The third-order valence-electron chi connectivity index (χ3n) is 3.68. The molecule has 3 rings (SSSR count). The Kier molecular flexibility index (Phi) is 3.59. The summed E-state index contributed by atoms with van der Waals surface area (Å²) in [7, 11) is 1.71. The average Bonchev–Trinajstić information content (AvgIpc) is 2.87. The van der Waals surface area contributed by atoms with Gasteiger partial charge in [-0.3, -0.25) is 4.98 Å². The van der Waals surface area contributed by atoms with Crippen LogP contribution in [0.3, 0.4) is 0 Å². The molecule has 2 aromatic heterocycles. The van der Waals surface area contributed by atoms with E-state index in [0.29, 0.717) is 12.5 Å². The molecule has 0 radical (unpaired) electrons. The van der Waals surface area contributed by atoms with Crippen molar-refractivity contribution in [3.63, 3.8) is 0 Å². The van der Waals surface area contributed by atoms with Crippen LogP contribution >= 0.6 is 11.6 Å². The molecule has 21 heavy (non-hydrogen) atoms. The largest absolute Gasteiger partial charge is 0.382 e. The Bertz CT molecular complexity index is 795. The minimum Gasteiger partial charge on any atom is -0.382 e. The van der Waals surface area contributed by atoms with Crippen molar-refractivity contribution < 1.29 is 4.74 Å². The van der Waals surface area contributed by atoms with Gasteiger partial charge in [-0.2, -0.15) is 0 Å². The second kappa shape index (κ2) is 5.28. The molecule has 5 heteroatoms. The van der Waals surface area contributed by atoms with E-state index >= 15 is 0 Å². The molecule has 0 atom stereocenters. The lowest BCUT2D eigenvalue weighted by atomic mass is 10.1. The number of aromatic nitrogens is 3. The van der Waals surface area contributed by atoms with Gasteiger partial charge in [0.2, 0.25) is 0 Å². The first-order valence-electron chi connectivity index (χ1n) is 6.89. The fourth-order valence-electron chi connectivity index (χ4n) is 2.91. The number of imidazole rings is 1. The number of alkyl halides is 1. The molecular formula is C16H18ClN3O. The highest BCUT2D eigenvalue weighted by atomic mass is 35.5. The van der Waals surface area contributed by atoms with Gasteiger partial charge in [-0.25, -0.2) is 4.98 Å². The second-order valence-electron chi connectivity index (χ2n) is 5.75. The summed E-state index contributed by atoms with van der Waals surface area (Å²) in [6.07, 6.45) is 1.81. The fourth-order valence-corrected chi connectivity index (χ4v) is 3.09. The van der Waals surface area contributed by atoms with Crippen molar-refractivity contribution in [2.45, 2.75) is 25.3 Å². The van der Waals surface area contributed by atoms with E-state index < -0.39 is 0 Å². The van der Waals surface area contributed by atoms with Gasteiger partial charge in [0.25, 0.3) is 0 Å². The lowest BCUT2D eigenvalue weighted by Crippen LogP contribution is -2.32. The van der Waals surface area contributed by atoms with Crippen LogP contribution in [0.4, 0.5) is 0 Å². The first kappa shape index (κ1) is 14.3. The first-order chi connectivity index (χ1) is 10.1. The smallest absolute Gasteiger partial charge is 0.125 e. The van der Waals surface area contributed by atoms with Gasteiger partial charge < -0.3 is 9.30 Å². The summed E-state index contributed by atoms with van der Waals surface area (Å²) < 4.78 is 7.57. The molecule has 0 bridgehead atoms. The summed E-state index contributed by atoms with van der Waals surface area (Å²) in [6, 6.07) is 8.09. The van der Waals surface area contributed by atoms with Crippen LogP contribution in [0.2, 0.25) is 0 Å². The Labute approximate surface area is 128 Å². The highest BCUT2D eigenvalue weighted by Gasteiger charge is 2.27. The van der Waals surface area contributed by atoms with E-state index in [0.717, 1.165) is 27.8 Å². The van der Waals surface area contributed by atoms with E-state index in [-0.39, 0.29) is 5.54 Å². The van der Waals surface area contributed by atoms with Crippen molar-refractivity contribution >= 4 is 33.5 Å². The fraction of sp³-hybridized carbons (Fsp3) is 0.375. The molecule has 3 aromatic rings. The van der Waals surface area contributed by atoms with Crippen molar-refractivity contribution in [1.82, 2.24) is 14.5 Å². The maximum atomic E-state index is 6.12. The Morgan fingerprint density at radius 2 is 2.00 bits per heavy atom. The van der Waals surface area contributed by atoms with Crippen LogP contribution in [0.5, 0.6) is 0 Å². The Morgan fingerprint density at radius 1 is 1.24 bits per heavy atom. The first-order valence-corrected chi connectivity index (χ1v) is 7.42. The molecular weight excluding hydrogens is 286 g/mol. The zero-order chi connectivity index (χ0) is 15.0. The number of rotatable bonds is 4. The second-order valence-corrected chi connectivity index (χ2v) is 6.02. The van der Waals surface area contributed by atoms with E-state index in [1.54, 1.807) is 7.11 Å². The molecule has 0 aliphatic heterocycles. The molecule has 0 spiro atoms. The van der Waals surface area contributed by atoms with Crippen molar-refractivity contribution in [2.24, 2.45) is 0 Å². The van der Waals surface area contributed by atoms with E-state index in [9.17, 15) is 0 Å².